The van der Waals surface area contributed by atoms with E-state index in [4.69, 9.17) is 19.9 Å². The molecule has 2 aromatic rings. The molecule has 0 saturated carbocycles. The lowest BCUT2D eigenvalue weighted by Gasteiger charge is -2.13. The van der Waals surface area contributed by atoms with Crippen LogP contribution in [0.2, 0.25) is 0 Å². The van der Waals surface area contributed by atoms with Crippen LogP contribution in [0.25, 0.3) is 0 Å². The fourth-order valence-corrected chi connectivity index (χ4v) is 2.29. The van der Waals surface area contributed by atoms with Crippen molar-refractivity contribution >= 4 is 11.7 Å². The highest BCUT2D eigenvalue weighted by atomic mass is 16.5. The van der Waals surface area contributed by atoms with Gasteiger partial charge in [0.1, 0.15) is 23.9 Å². The number of carbonyl (C=O) groups is 1. The Hall–Kier alpha value is -2.87. The predicted octanol–water partition coefficient (Wildman–Crippen LogP) is 1.46. The van der Waals surface area contributed by atoms with Gasteiger partial charge in [0.25, 0.3) is 5.91 Å². The molecule has 1 aromatic heterocycles. The van der Waals surface area contributed by atoms with E-state index in [1.807, 2.05) is 6.92 Å². The van der Waals surface area contributed by atoms with Gasteiger partial charge in [-0.2, -0.15) is 0 Å². The van der Waals surface area contributed by atoms with Gasteiger partial charge >= 0.3 is 0 Å². The summed E-state index contributed by atoms with van der Waals surface area (Å²) in [6, 6.07) is 3.32. The van der Waals surface area contributed by atoms with E-state index < -0.39 is 0 Å². The third-order valence-corrected chi connectivity index (χ3v) is 3.68. The summed E-state index contributed by atoms with van der Waals surface area (Å²) in [5.74, 6) is 1.68. The lowest BCUT2D eigenvalue weighted by Crippen LogP contribution is -2.24. The number of nitrogen functional groups attached to an aromatic ring is 1. The fourth-order valence-electron chi connectivity index (χ4n) is 2.29. The van der Waals surface area contributed by atoms with Crippen LogP contribution in [0, 0.1) is 6.92 Å². The second-order valence-electron chi connectivity index (χ2n) is 5.32. The minimum atomic E-state index is -0.281. The Labute approximate surface area is 146 Å². The zero-order chi connectivity index (χ0) is 18.4. The van der Waals surface area contributed by atoms with Crippen LogP contribution in [-0.4, -0.2) is 37.2 Å². The second kappa shape index (κ2) is 8.29. The molecular formula is C17H22N4O4. The molecule has 0 aliphatic rings. The third kappa shape index (κ3) is 4.36. The van der Waals surface area contributed by atoms with Crippen LogP contribution in [0.1, 0.15) is 27.3 Å². The van der Waals surface area contributed by atoms with Gasteiger partial charge in [-0.3, -0.25) is 4.79 Å². The molecule has 0 aliphatic carbocycles. The van der Waals surface area contributed by atoms with E-state index in [-0.39, 0.29) is 19.1 Å². The van der Waals surface area contributed by atoms with Crippen molar-refractivity contribution in [3.05, 3.63) is 40.8 Å². The van der Waals surface area contributed by atoms with Gasteiger partial charge in [-0.25, -0.2) is 9.97 Å². The predicted molar refractivity (Wildman–Crippen MR) is 92.6 cm³/mol. The molecule has 0 aliphatic heterocycles. The number of rotatable bonds is 7. The molecule has 8 heteroatoms. The summed E-state index contributed by atoms with van der Waals surface area (Å²) in [6.07, 6.45) is 1.58. The summed E-state index contributed by atoms with van der Waals surface area (Å²) in [5, 5.41) is 2.79. The summed E-state index contributed by atoms with van der Waals surface area (Å²) in [7, 11) is 4.64. The van der Waals surface area contributed by atoms with Crippen molar-refractivity contribution < 1.29 is 19.0 Å². The number of benzene rings is 1. The first kappa shape index (κ1) is 18.5. The number of amides is 1. The first-order chi connectivity index (χ1) is 12.0. The smallest absolute Gasteiger partial charge is 0.251 e. The van der Waals surface area contributed by atoms with Gasteiger partial charge in [0.2, 0.25) is 0 Å². The summed E-state index contributed by atoms with van der Waals surface area (Å²) >= 11 is 0. The molecule has 0 atom stereocenters. The molecule has 1 heterocycles. The Bertz CT molecular complexity index is 739. The molecule has 8 nitrogen and oxygen atoms in total. The van der Waals surface area contributed by atoms with Crippen LogP contribution >= 0.6 is 0 Å². The van der Waals surface area contributed by atoms with Crippen molar-refractivity contribution in [2.24, 2.45) is 0 Å². The molecule has 0 radical (unpaired) electrons. The molecule has 3 N–H and O–H groups in total. The number of carbonyl (C=O) groups excluding carboxylic acids is 1. The maximum absolute atomic E-state index is 12.4. The van der Waals surface area contributed by atoms with Crippen molar-refractivity contribution in [1.29, 1.82) is 0 Å². The van der Waals surface area contributed by atoms with Crippen molar-refractivity contribution in [2.45, 2.75) is 20.1 Å². The lowest BCUT2D eigenvalue weighted by atomic mass is 10.1. The molecule has 0 saturated heterocycles. The average Bonchev–Trinajstić information content (AvgIpc) is 2.61. The molecule has 1 aromatic carbocycles. The third-order valence-electron chi connectivity index (χ3n) is 3.68. The number of hydrogen-bond donors (Lipinski definition) is 2. The molecule has 0 fully saturated rings. The number of ether oxygens (including phenoxy) is 3. The van der Waals surface area contributed by atoms with Gasteiger partial charge in [-0.05, 0) is 19.1 Å². The molecule has 0 unspecified atom stereocenters. The van der Waals surface area contributed by atoms with E-state index in [2.05, 4.69) is 15.3 Å². The molecule has 134 valence electrons. The first-order valence-electron chi connectivity index (χ1n) is 7.60. The Morgan fingerprint density at radius 1 is 1.20 bits per heavy atom. The maximum atomic E-state index is 12.4. The Morgan fingerprint density at radius 2 is 1.84 bits per heavy atom. The highest BCUT2D eigenvalue weighted by Crippen LogP contribution is 2.29. The molecular weight excluding hydrogens is 324 g/mol. The Balaban J connectivity index is 2.12. The highest BCUT2D eigenvalue weighted by Gasteiger charge is 2.14. The number of anilines is 1. The molecule has 0 bridgehead atoms. The summed E-state index contributed by atoms with van der Waals surface area (Å²) in [4.78, 5) is 20.7. The van der Waals surface area contributed by atoms with Crippen molar-refractivity contribution in [3.63, 3.8) is 0 Å². The fraction of sp³-hybridized carbons (Fsp3) is 0.353. The van der Waals surface area contributed by atoms with Crippen LogP contribution in [0.15, 0.2) is 18.3 Å². The normalized spacial score (nSPS) is 10.4. The molecule has 25 heavy (non-hydrogen) atoms. The van der Waals surface area contributed by atoms with E-state index in [9.17, 15) is 4.79 Å². The van der Waals surface area contributed by atoms with Crippen LogP contribution < -0.4 is 20.5 Å². The second-order valence-corrected chi connectivity index (χ2v) is 5.32. The Morgan fingerprint density at radius 3 is 2.36 bits per heavy atom. The van der Waals surface area contributed by atoms with Crippen LogP contribution in [0.3, 0.4) is 0 Å². The number of methoxy groups -OCH3 is 3. The van der Waals surface area contributed by atoms with Crippen molar-refractivity contribution in [1.82, 2.24) is 15.3 Å². The SMILES string of the molecule is COCc1ncc(CNC(=O)c2cc(OC)c(C)c(OC)c2)c(N)n1. The van der Waals surface area contributed by atoms with Gasteiger partial charge in [-0.15, -0.1) is 0 Å². The minimum Gasteiger partial charge on any atom is -0.496 e. The van der Waals surface area contributed by atoms with Crippen LogP contribution in [0.5, 0.6) is 11.5 Å². The van der Waals surface area contributed by atoms with Gasteiger partial charge < -0.3 is 25.3 Å². The molecule has 0 spiro atoms. The zero-order valence-electron chi connectivity index (χ0n) is 14.8. The van der Waals surface area contributed by atoms with Gasteiger partial charge in [0.15, 0.2) is 5.82 Å². The van der Waals surface area contributed by atoms with E-state index in [1.165, 1.54) is 0 Å². The monoisotopic (exact) mass is 346 g/mol. The largest absolute Gasteiger partial charge is 0.496 e. The topological polar surface area (TPSA) is 109 Å². The molecule has 1 amide bonds. The Kier molecular flexibility index (Phi) is 6.13. The average molecular weight is 346 g/mol. The first-order valence-corrected chi connectivity index (χ1v) is 7.60. The summed E-state index contributed by atoms with van der Waals surface area (Å²) in [5.41, 5.74) is 7.77. The van der Waals surface area contributed by atoms with E-state index in [0.717, 1.165) is 5.56 Å². The maximum Gasteiger partial charge on any atom is 0.251 e. The van der Waals surface area contributed by atoms with E-state index in [1.54, 1.807) is 39.7 Å². The van der Waals surface area contributed by atoms with Crippen molar-refractivity contribution in [3.8, 4) is 11.5 Å². The van der Waals surface area contributed by atoms with E-state index in [0.29, 0.717) is 34.3 Å². The van der Waals surface area contributed by atoms with E-state index >= 15 is 0 Å². The zero-order valence-corrected chi connectivity index (χ0v) is 14.8. The van der Waals surface area contributed by atoms with Crippen LogP contribution in [0.4, 0.5) is 5.82 Å². The number of nitrogens with zero attached hydrogens (tertiary/aromatic N) is 2. The van der Waals surface area contributed by atoms with Gasteiger partial charge in [0, 0.05) is 36.5 Å². The van der Waals surface area contributed by atoms with Crippen molar-refractivity contribution in [2.75, 3.05) is 27.1 Å². The highest BCUT2D eigenvalue weighted by molar-refractivity contribution is 5.95. The number of nitrogens with one attached hydrogen (secondary N) is 1. The standard InChI is InChI=1S/C17H22N4O4/c1-10-13(24-3)5-11(6-14(10)25-4)17(22)20-8-12-7-19-15(9-23-2)21-16(12)18/h5-7H,8-9H2,1-4H3,(H,20,22)(H2,18,19,21). The lowest BCUT2D eigenvalue weighted by molar-refractivity contribution is 0.0950. The summed E-state index contributed by atoms with van der Waals surface area (Å²) < 4.78 is 15.5. The number of nitrogens with two attached hydrogens (primary N) is 1. The van der Waals surface area contributed by atoms with Crippen LogP contribution in [-0.2, 0) is 17.9 Å². The summed E-state index contributed by atoms with van der Waals surface area (Å²) in [6.45, 7) is 2.34. The number of aromatic nitrogens is 2. The van der Waals surface area contributed by atoms with Gasteiger partial charge in [-0.1, -0.05) is 0 Å². The van der Waals surface area contributed by atoms with Gasteiger partial charge in [0.05, 0.1) is 14.2 Å². The quantitative estimate of drug-likeness (QED) is 0.781. The minimum absolute atomic E-state index is 0.205. The number of hydrogen-bond acceptors (Lipinski definition) is 7. The molecule has 2 rings (SSSR count).